The van der Waals surface area contributed by atoms with Gasteiger partial charge in [-0.1, -0.05) is 25.5 Å². The Hall–Kier alpha value is -1.98. The Kier molecular flexibility index (Phi) is 5.15. The van der Waals surface area contributed by atoms with E-state index in [1.54, 1.807) is 7.11 Å². The summed E-state index contributed by atoms with van der Waals surface area (Å²) in [6.45, 7) is 4.75. The van der Waals surface area contributed by atoms with Crippen molar-refractivity contribution < 1.29 is 9.84 Å². The second-order valence-corrected chi connectivity index (χ2v) is 7.93. The first-order valence-electron chi connectivity index (χ1n) is 10.0. The van der Waals surface area contributed by atoms with Gasteiger partial charge in [-0.2, -0.15) is 0 Å². The van der Waals surface area contributed by atoms with Gasteiger partial charge >= 0.3 is 0 Å². The summed E-state index contributed by atoms with van der Waals surface area (Å²) in [5.41, 5.74) is 1.46. The SMILES string of the molecule is CCc1ncc(CN2C[C@H]3CCC[C@@H](C2)C3(O)c2ccc(OC)cc2)cn1. The van der Waals surface area contributed by atoms with Crippen LogP contribution in [0.15, 0.2) is 36.7 Å². The maximum Gasteiger partial charge on any atom is 0.127 e. The molecule has 1 unspecified atom stereocenters. The van der Waals surface area contributed by atoms with Crippen LogP contribution in [0.3, 0.4) is 0 Å². The van der Waals surface area contributed by atoms with Crippen LogP contribution in [0, 0.1) is 11.8 Å². The fourth-order valence-corrected chi connectivity index (χ4v) is 4.91. The van der Waals surface area contributed by atoms with E-state index in [0.29, 0.717) is 0 Å². The van der Waals surface area contributed by atoms with Gasteiger partial charge < -0.3 is 9.84 Å². The molecule has 2 aromatic rings. The van der Waals surface area contributed by atoms with Crippen molar-refractivity contribution in [3.8, 4) is 5.75 Å². The lowest BCUT2D eigenvalue weighted by Crippen LogP contribution is -2.57. The highest BCUT2D eigenvalue weighted by Gasteiger charge is 2.51. The minimum absolute atomic E-state index is 0.259. The molecule has 2 aliphatic rings. The molecule has 5 nitrogen and oxygen atoms in total. The summed E-state index contributed by atoms with van der Waals surface area (Å²) < 4.78 is 5.28. The lowest BCUT2D eigenvalue weighted by molar-refractivity contribution is -0.148. The zero-order valence-electron chi connectivity index (χ0n) is 16.3. The first-order chi connectivity index (χ1) is 13.1. The van der Waals surface area contributed by atoms with Crippen LogP contribution in [0.1, 0.15) is 43.1 Å². The van der Waals surface area contributed by atoms with Crippen molar-refractivity contribution in [3.63, 3.8) is 0 Å². The molecule has 4 rings (SSSR count). The van der Waals surface area contributed by atoms with Crippen molar-refractivity contribution in [3.05, 3.63) is 53.6 Å². The van der Waals surface area contributed by atoms with Crippen molar-refractivity contribution in [1.29, 1.82) is 0 Å². The van der Waals surface area contributed by atoms with Gasteiger partial charge in [0.2, 0.25) is 0 Å². The Morgan fingerprint density at radius 3 is 2.30 bits per heavy atom. The molecule has 1 aromatic heterocycles. The fraction of sp³-hybridized carbons (Fsp3) is 0.545. The zero-order chi connectivity index (χ0) is 18.9. The van der Waals surface area contributed by atoms with Crippen LogP contribution in [-0.2, 0) is 18.6 Å². The van der Waals surface area contributed by atoms with Crippen LogP contribution in [0.4, 0.5) is 0 Å². The summed E-state index contributed by atoms with van der Waals surface area (Å²) in [4.78, 5) is 11.3. The number of methoxy groups -OCH3 is 1. The molecular formula is C22H29N3O2. The van der Waals surface area contributed by atoms with Gasteiger partial charge in [0.25, 0.3) is 0 Å². The van der Waals surface area contributed by atoms with E-state index in [1.807, 2.05) is 36.7 Å². The third-order valence-corrected chi connectivity index (χ3v) is 6.34. The summed E-state index contributed by atoms with van der Waals surface area (Å²) >= 11 is 0. The van der Waals surface area contributed by atoms with Crippen molar-refractivity contribution in [2.45, 2.75) is 44.8 Å². The standard InChI is InChI=1S/C22H29N3O2/c1-3-21-23-11-16(12-24-21)13-25-14-18-5-4-6-19(15-25)22(18,26)17-7-9-20(27-2)10-8-17/h7-12,18-19,26H,3-6,13-15H2,1-2H3/t18-,19+,22?. The number of aryl methyl sites for hydroxylation is 1. The van der Waals surface area contributed by atoms with Gasteiger partial charge in [0.1, 0.15) is 11.6 Å². The lowest BCUT2D eigenvalue weighted by Gasteiger charge is -2.53. The Morgan fingerprint density at radius 1 is 1.11 bits per heavy atom. The number of fused-ring (bicyclic) bond motifs is 2. The molecule has 2 bridgehead atoms. The van der Waals surface area contributed by atoms with Gasteiger partial charge in [0.15, 0.2) is 0 Å². The number of aliphatic hydroxyl groups is 1. The minimum Gasteiger partial charge on any atom is -0.497 e. The number of nitrogens with zero attached hydrogens (tertiary/aromatic N) is 3. The Labute approximate surface area is 161 Å². The Balaban J connectivity index is 1.52. The van der Waals surface area contributed by atoms with Crippen molar-refractivity contribution in [1.82, 2.24) is 14.9 Å². The maximum atomic E-state index is 11.7. The van der Waals surface area contributed by atoms with E-state index >= 15 is 0 Å². The average Bonchev–Trinajstić information content (AvgIpc) is 2.69. The van der Waals surface area contributed by atoms with E-state index in [1.165, 1.54) is 6.42 Å². The van der Waals surface area contributed by atoms with Gasteiger partial charge in [0, 0.05) is 55.8 Å². The molecule has 27 heavy (non-hydrogen) atoms. The molecule has 3 atom stereocenters. The zero-order valence-corrected chi connectivity index (χ0v) is 16.3. The molecule has 5 heteroatoms. The second-order valence-electron chi connectivity index (χ2n) is 7.93. The number of piperidine rings is 1. The smallest absolute Gasteiger partial charge is 0.127 e. The molecular weight excluding hydrogens is 338 g/mol. The van der Waals surface area contributed by atoms with E-state index in [9.17, 15) is 5.11 Å². The predicted molar refractivity (Wildman–Crippen MR) is 104 cm³/mol. The van der Waals surface area contributed by atoms with E-state index in [0.717, 1.165) is 61.6 Å². The second kappa shape index (κ2) is 7.56. The van der Waals surface area contributed by atoms with Gasteiger partial charge in [0.05, 0.1) is 12.7 Å². The molecule has 1 aromatic carbocycles. The van der Waals surface area contributed by atoms with Crippen LogP contribution in [0.2, 0.25) is 0 Å². The minimum atomic E-state index is -0.733. The quantitative estimate of drug-likeness (QED) is 0.880. The normalized spacial score (nSPS) is 28.1. The van der Waals surface area contributed by atoms with Gasteiger partial charge in [-0.25, -0.2) is 9.97 Å². The number of rotatable bonds is 5. The van der Waals surface area contributed by atoms with Gasteiger partial charge in [-0.05, 0) is 30.5 Å². The first-order valence-corrected chi connectivity index (χ1v) is 10.0. The molecule has 1 N–H and O–H groups in total. The summed E-state index contributed by atoms with van der Waals surface area (Å²) in [5.74, 6) is 2.24. The van der Waals surface area contributed by atoms with Crippen LogP contribution in [0.25, 0.3) is 0 Å². The van der Waals surface area contributed by atoms with E-state index in [2.05, 4.69) is 21.8 Å². The summed E-state index contributed by atoms with van der Waals surface area (Å²) in [6, 6.07) is 8.00. The lowest BCUT2D eigenvalue weighted by atomic mass is 9.62. The van der Waals surface area contributed by atoms with Crippen LogP contribution < -0.4 is 4.74 Å². The monoisotopic (exact) mass is 367 g/mol. The topological polar surface area (TPSA) is 58.5 Å². The molecule has 1 aliphatic carbocycles. The van der Waals surface area contributed by atoms with Crippen LogP contribution >= 0.6 is 0 Å². The molecule has 144 valence electrons. The number of likely N-dealkylation sites (tertiary alicyclic amines) is 1. The van der Waals surface area contributed by atoms with Gasteiger partial charge in [-0.15, -0.1) is 0 Å². The molecule has 2 fully saturated rings. The first kappa shape index (κ1) is 18.4. The van der Waals surface area contributed by atoms with Crippen LogP contribution in [0.5, 0.6) is 5.75 Å². The molecule has 2 heterocycles. The van der Waals surface area contributed by atoms with Crippen molar-refractivity contribution >= 4 is 0 Å². The van der Waals surface area contributed by atoms with Crippen LogP contribution in [-0.4, -0.2) is 40.2 Å². The van der Waals surface area contributed by atoms with E-state index in [-0.39, 0.29) is 11.8 Å². The highest BCUT2D eigenvalue weighted by atomic mass is 16.5. The van der Waals surface area contributed by atoms with Crippen molar-refractivity contribution in [2.24, 2.45) is 11.8 Å². The molecule has 1 saturated carbocycles. The largest absolute Gasteiger partial charge is 0.497 e. The molecule has 0 amide bonds. The highest BCUT2D eigenvalue weighted by molar-refractivity contribution is 5.33. The van der Waals surface area contributed by atoms with E-state index < -0.39 is 5.60 Å². The number of hydrogen-bond donors (Lipinski definition) is 1. The molecule has 1 saturated heterocycles. The highest BCUT2D eigenvalue weighted by Crippen LogP contribution is 2.49. The maximum absolute atomic E-state index is 11.7. The van der Waals surface area contributed by atoms with Gasteiger partial charge in [-0.3, -0.25) is 4.90 Å². The Morgan fingerprint density at radius 2 is 1.74 bits per heavy atom. The summed E-state index contributed by atoms with van der Waals surface area (Å²) in [5, 5.41) is 11.7. The molecule has 1 aliphatic heterocycles. The Bertz CT molecular complexity index is 746. The summed E-state index contributed by atoms with van der Waals surface area (Å²) in [6.07, 6.45) is 8.11. The molecule has 0 spiro atoms. The number of aromatic nitrogens is 2. The number of ether oxygens (including phenoxy) is 1. The number of hydrogen-bond acceptors (Lipinski definition) is 5. The van der Waals surface area contributed by atoms with Crippen molar-refractivity contribution in [2.75, 3.05) is 20.2 Å². The third kappa shape index (κ3) is 3.46. The number of benzene rings is 1. The molecule has 0 radical (unpaired) electrons. The predicted octanol–water partition coefficient (Wildman–Crippen LogP) is 3.17. The average molecular weight is 367 g/mol. The van der Waals surface area contributed by atoms with E-state index in [4.69, 9.17) is 4.74 Å². The summed E-state index contributed by atoms with van der Waals surface area (Å²) in [7, 11) is 1.67. The fourth-order valence-electron chi connectivity index (χ4n) is 4.91. The third-order valence-electron chi connectivity index (χ3n) is 6.34.